The first-order valence-corrected chi connectivity index (χ1v) is 9.73. The van der Waals surface area contributed by atoms with Crippen LogP contribution in [-0.4, -0.2) is 4.98 Å². The topological polar surface area (TPSA) is 29.9 Å². The molecule has 0 unspecified atom stereocenters. The zero-order valence-corrected chi connectivity index (χ0v) is 15.1. The van der Waals surface area contributed by atoms with E-state index in [1.54, 1.807) is 12.1 Å². The van der Waals surface area contributed by atoms with Gasteiger partial charge in [0.05, 0.1) is 5.56 Å². The maximum Gasteiger partial charge on any atom is 0.227 e. The van der Waals surface area contributed by atoms with Crippen molar-refractivity contribution < 1.29 is 14.5 Å². The largest absolute Gasteiger partial charge is 0.437 e. The molecule has 134 valence electrons. The molecule has 4 aromatic rings. The number of aryl methyl sites for hydroxylation is 1. The normalized spacial score (nSPS) is 20.6. The summed E-state index contributed by atoms with van der Waals surface area (Å²) in [5.41, 5.74) is 5.48. The molecule has 0 saturated heterocycles. The van der Waals surface area contributed by atoms with E-state index in [0.29, 0.717) is 5.71 Å². The quantitative estimate of drug-likeness (QED) is 0.362. The Bertz CT molecular complexity index is 1350. The second-order valence-corrected chi connectivity index (χ2v) is 7.72. The molecule has 3 aromatic heterocycles. The van der Waals surface area contributed by atoms with Crippen LogP contribution in [0.5, 0.6) is 0 Å². The van der Waals surface area contributed by atoms with Crippen molar-refractivity contribution in [1.29, 1.82) is 0 Å². The van der Waals surface area contributed by atoms with Gasteiger partial charge in [0.1, 0.15) is 0 Å². The zero-order chi connectivity index (χ0) is 21.4. The average molecular weight is 359 g/mol. The Balaban J connectivity index is 1.55. The Morgan fingerprint density at radius 2 is 2.00 bits per heavy atom. The molecule has 3 heteroatoms. The molecule has 27 heavy (non-hydrogen) atoms. The molecule has 6 rings (SSSR count). The molecule has 1 saturated carbocycles. The third-order valence-corrected chi connectivity index (χ3v) is 6.09. The van der Waals surface area contributed by atoms with E-state index in [1.807, 2.05) is 6.07 Å². The molecule has 0 bridgehead atoms. The van der Waals surface area contributed by atoms with Crippen LogP contribution in [0, 0.1) is 6.85 Å². The van der Waals surface area contributed by atoms with Gasteiger partial charge in [0.25, 0.3) is 0 Å². The standard InChI is InChI=1S/C24H23N2O/c1-15-7-9-20-19-10-8-18-14-26-12-11-17(16-5-3-2-4-6-16)13-21(26)22(18)23(19)27-24(20)25-15/h7-13,16H,2-6,14H2,1H3/q+1/i1D3,16D. The van der Waals surface area contributed by atoms with Gasteiger partial charge in [-0.1, -0.05) is 25.3 Å². The van der Waals surface area contributed by atoms with Crippen molar-refractivity contribution in [3.8, 4) is 11.3 Å². The van der Waals surface area contributed by atoms with Crippen molar-refractivity contribution in [3.05, 3.63) is 59.4 Å². The smallest absolute Gasteiger partial charge is 0.227 e. The lowest BCUT2D eigenvalue weighted by Gasteiger charge is -2.21. The predicted molar refractivity (Wildman–Crippen MR) is 107 cm³/mol. The average Bonchev–Trinajstić information content (AvgIpc) is 3.30. The van der Waals surface area contributed by atoms with Gasteiger partial charge < -0.3 is 4.42 Å². The first-order valence-electron chi connectivity index (χ1n) is 11.7. The van der Waals surface area contributed by atoms with Crippen LogP contribution in [0.25, 0.3) is 33.3 Å². The number of benzene rings is 1. The molecular formula is C24H23N2O+. The van der Waals surface area contributed by atoms with E-state index >= 15 is 0 Å². The van der Waals surface area contributed by atoms with E-state index in [0.717, 1.165) is 65.4 Å². The number of hydrogen-bond donors (Lipinski definition) is 0. The first kappa shape index (κ1) is 11.9. The van der Waals surface area contributed by atoms with Crippen LogP contribution in [0.4, 0.5) is 0 Å². The van der Waals surface area contributed by atoms with Gasteiger partial charge in [-0.2, -0.15) is 4.57 Å². The summed E-state index contributed by atoms with van der Waals surface area (Å²) in [5, 5.41) is 1.76. The van der Waals surface area contributed by atoms with Crippen LogP contribution in [0.1, 0.15) is 60.3 Å². The summed E-state index contributed by atoms with van der Waals surface area (Å²) in [4.78, 5) is 4.30. The number of nitrogens with zero attached hydrogens (tertiary/aromatic N) is 2. The summed E-state index contributed by atoms with van der Waals surface area (Å²) >= 11 is 0. The van der Waals surface area contributed by atoms with Gasteiger partial charge in [0.2, 0.25) is 11.4 Å². The van der Waals surface area contributed by atoms with Crippen molar-refractivity contribution >= 4 is 22.1 Å². The van der Waals surface area contributed by atoms with Crippen LogP contribution in [-0.2, 0) is 6.54 Å². The molecule has 1 aliphatic carbocycles. The third kappa shape index (κ3) is 2.27. The minimum absolute atomic E-state index is 0.0428. The number of pyridine rings is 2. The van der Waals surface area contributed by atoms with E-state index in [1.165, 1.54) is 12.0 Å². The molecule has 0 amide bonds. The summed E-state index contributed by atoms with van der Waals surface area (Å²) < 4.78 is 40.4. The van der Waals surface area contributed by atoms with Crippen molar-refractivity contribution in [2.45, 2.75) is 51.4 Å². The number of fused-ring (bicyclic) bond motifs is 7. The highest BCUT2D eigenvalue weighted by atomic mass is 16.3. The summed E-state index contributed by atoms with van der Waals surface area (Å²) in [6.07, 6.45) is 7.33. The van der Waals surface area contributed by atoms with E-state index in [9.17, 15) is 0 Å². The molecule has 0 radical (unpaired) electrons. The third-order valence-electron chi connectivity index (χ3n) is 6.09. The van der Waals surface area contributed by atoms with Crippen molar-refractivity contribution in [2.75, 3.05) is 0 Å². The molecule has 1 aliphatic heterocycles. The Morgan fingerprint density at radius 1 is 1.11 bits per heavy atom. The van der Waals surface area contributed by atoms with Crippen LogP contribution in [0.2, 0.25) is 0 Å². The summed E-state index contributed by atoms with van der Waals surface area (Å²) in [5.74, 6) is -0.519. The molecule has 1 fully saturated rings. The van der Waals surface area contributed by atoms with Gasteiger partial charge in [-0.25, -0.2) is 4.98 Å². The molecular weight excluding hydrogens is 332 g/mol. The monoisotopic (exact) mass is 359 g/mol. The van der Waals surface area contributed by atoms with E-state index in [4.69, 9.17) is 9.90 Å². The lowest BCUT2D eigenvalue weighted by Crippen LogP contribution is -2.32. The van der Waals surface area contributed by atoms with Gasteiger partial charge in [0.15, 0.2) is 18.3 Å². The Hall–Kier alpha value is -2.68. The number of rotatable bonds is 1. The highest BCUT2D eigenvalue weighted by Gasteiger charge is 2.31. The second-order valence-electron chi connectivity index (χ2n) is 7.72. The van der Waals surface area contributed by atoms with Crippen LogP contribution >= 0.6 is 0 Å². The molecule has 0 atom stereocenters. The predicted octanol–water partition coefficient (Wildman–Crippen LogP) is 5.65. The van der Waals surface area contributed by atoms with Crippen molar-refractivity contribution in [3.63, 3.8) is 0 Å². The number of hydrogen-bond acceptors (Lipinski definition) is 2. The van der Waals surface area contributed by atoms with Gasteiger partial charge >= 0.3 is 0 Å². The molecule has 0 spiro atoms. The molecule has 0 N–H and O–H groups in total. The Kier molecular flexibility index (Phi) is 2.50. The lowest BCUT2D eigenvalue weighted by atomic mass is 9.84. The van der Waals surface area contributed by atoms with Gasteiger partial charge in [-0.05, 0) is 49.4 Å². The fraction of sp³-hybridized carbons (Fsp3) is 0.333. The van der Waals surface area contributed by atoms with Crippen LogP contribution in [0.3, 0.4) is 0 Å². The van der Waals surface area contributed by atoms with E-state index in [-0.39, 0.29) is 5.69 Å². The number of furan rings is 1. The summed E-state index contributed by atoms with van der Waals surface area (Å²) in [7, 11) is 0. The zero-order valence-electron chi connectivity index (χ0n) is 19.1. The summed E-state index contributed by atoms with van der Waals surface area (Å²) in [6, 6.07) is 11.8. The lowest BCUT2D eigenvalue weighted by molar-refractivity contribution is -0.672. The Labute approximate surface area is 164 Å². The van der Waals surface area contributed by atoms with Gasteiger partial charge in [-0.3, -0.25) is 0 Å². The van der Waals surface area contributed by atoms with Gasteiger partial charge in [-0.15, -0.1) is 0 Å². The van der Waals surface area contributed by atoms with Crippen LogP contribution < -0.4 is 4.57 Å². The molecule has 3 nitrogen and oxygen atoms in total. The van der Waals surface area contributed by atoms with Crippen molar-refractivity contribution in [1.82, 2.24) is 4.98 Å². The van der Waals surface area contributed by atoms with E-state index in [2.05, 4.69) is 33.9 Å². The van der Waals surface area contributed by atoms with Gasteiger partial charge in [0, 0.05) is 39.6 Å². The molecule has 4 heterocycles. The fourth-order valence-corrected chi connectivity index (χ4v) is 4.73. The maximum absolute atomic E-state index is 9.05. The molecule has 1 aromatic carbocycles. The van der Waals surface area contributed by atoms with Crippen molar-refractivity contribution in [2.24, 2.45) is 0 Å². The SMILES string of the molecule is [2H]C([2H])([2H])c1ccc2c(n1)oc1c3c(ccc12)C[n+]1ccc(C2([2H])CCCCC2)cc1-3. The second kappa shape index (κ2) is 5.66. The minimum atomic E-state index is -2.27. The highest BCUT2D eigenvalue weighted by molar-refractivity contribution is 6.09. The van der Waals surface area contributed by atoms with Crippen LogP contribution in [0.15, 0.2) is 47.0 Å². The van der Waals surface area contributed by atoms with E-state index < -0.39 is 12.7 Å². The molecule has 2 aliphatic rings. The number of aromatic nitrogens is 2. The maximum atomic E-state index is 9.05. The summed E-state index contributed by atoms with van der Waals surface area (Å²) in [6.45, 7) is -1.51. The fourth-order valence-electron chi connectivity index (χ4n) is 4.73. The minimum Gasteiger partial charge on any atom is -0.437 e. The Morgan fingerprint density at radius 3 is 2.89 bits per heavy atom. The highest BCUT2D eigenvalue weighted by Crippen LogP contribution is 2.40. The first-order chi connectivity index (χ1) is 14.8.